The second kappa shape index (κ2) is 5.70. The number of rotatable bonds is 1. The topological polar surface area (TPSA) is 41.6 Å². The van der Waals surface area contributed by atoms with Crippen LogP contribution in [0.15, 0.2) is 0 Å². The highest BCUT2D eigenvalue weighted by Crippen LogP contribution is 2.34. The molecule has 110 valence electrons. The van der Waals surface area contributed by atoms with Crippen molar-refractivity contribution in [2.24, 2.45) is 11.8 Å². The molecule has 1 saturated heterocycles. The van der Waals surface area contributed by atoms with Gasteiger partial charge in [0.05, 0.1) is 0 Å². The van der Waals surface area contributed by atoms with Crippen LogP contribution in [0.2, 0.25) is 0 Å². The molecule has 2 fully saturated rings. The largest absolute Gasteiger partial charge is 0.444 e. The molecule has 0 spiro atoms. The lowest BCUT2D eigenvalue weighted by Gasteiger charge is -2.34. The van der Waals surface area contributed by atoms with Crippen LogP contribution in [0.3, 0.4) is 0 Å². The molecule has 4 heteroatoms. The molecular formula is C15H28N2O2. The van der Waals surface area contributed by atoms with E-state index in [1.54, 1.807) is 0 Å². The van der Waals surface area contributed by atoms with E-state index in [2.05, 4.69) is 5.32 Å². The molecule has 0 aromatic carbocycles. The summed E-state index contributed by atoms with van der Waals surface area (Å²) in [6.45, 7) is 7.93. The van der Waals surface area contributed by atoms with Crippen molar-refractivity contribution >= 4 is 6.09 Å². The van der Waals surface area contributed by atoms with Gasteiger partial charge in [-0.25, -0.2) is 4.79 Å². The van der Waals surface area contributed by atoms with Crippen LogP contribution in [-0.2, 0) is 4.74 Å². The molecule has 0 bridgehead atoms. The fourth-order valence-electron chi connectivity index (χ4n) is 3.44. The van der Waals surface area contributed by atoms with Crippen LogP contribution in [0, 0.1) is 11.8 Å². The minimum Gasteiger partial charge on any atom is -0.444 e. The van der Waals surface area contributed by atoms with Crippen LogP contribution in [0.1, 0.15) is 46.5 Å². The quantitative estimate of drug-likeness (QED) is 0.795. The maximum absolute atomic E-state index is 12.2. The molecule has 0 aromatic heterocycles. The molecular weight excluding hydrogens is 240 g/mol. The Kier molecular flexibility index (Phi) is 4.39. The van der Waals surface area contributed by atoms with Gasteiger partial charge in [0.1, 0.15) is 5.60 Å². The van der Waals surface area contributed by atoms with Crippen molar-refractivity contribution in [1.29, 1.82) is 0 Å². The predicted octanol–water partition coefficient (Wildman–Crippen LogP) is 2.63. The lowest BCUT2D eigenvalue weighted by Crippen LogP contribution is -2.45. The van der Waals surface area contributed by atoms with Gasteiger partial charge in [0.15, 0.2) is 0 Å². The van der Waals surface area contributed by atoms with E-state index in [9.17, 15) is 4.79 Å². The Morgan fingerprint density at radius 2 is 1.89 bits per heavy atom. The van der Waals surface area contributed by atoms with Gasteiger partial charge in [-0.15, -0.1) is 0 Å². The van der Waals surface area contributed by atoms with E-state index in [-0.39, 0.29) is 6.09 Å². The standard InChI is InChI=1S/C15H28N2O2/c1-15(2,3)19-14(18)17(4)13-8-6-5-7-11-9-16-10-12(11)13/h11-13,16H,5-10H2,1-4H3/t11-,12-,13-/m0/s1. The highest BCUT2D eigenvalue weighted by molar-refractivity contribution is 5.68. The predicted molar refractivity (Wildman–Crippen MR) is 76.1 cm³/mol. The van der Waals surface area contributed by atoms with Gasteiger partial charge >= 0.3 is 6.09 Å². The third-order valence-corrected chi connectivity index (χ3v) is 4.39. The SMILES string of the molecule is CN(C(=O)OC(C)(C)C)[C@H]1CCCC[C@H]2CNC[C@@H]21. The lowest BCUT2D eigenvalue weighted by atomic mass is 9.87. The zero-order valence-electron chi connectivity index (χ0n) is 12.7. The summed E-state index contributed by atoms with van der Waals surface area (Å²) in [5, 5.41) is 3.49. The molecule has 1 N–H and O–H groups in total. The van der Waals surface area contributed by atoms with E-state index in [1.807, 2.05) is 32.7 Å². The minimum absolute atomic E-state index is 0.176. The zero-order valence-corrected chi connectivity index (χ0v) is 12.7. The van der Waals surface area contributed by atoms with Crippen molar-refractivity contribution in [2.75, 3.05) is 20.1 Å². The first-order valence-electron chi connectivity index (χ1n) is 7.55. The number of hydrogen-bond acceptors (Lipinski definition) is 3. The first kappa shape index (κ1) is 14.6. The van der Waals surface area contributed by atoms with Gasteiger partial charge in [-0.3, -0.25) is 0 Å². The van der Waals surface area contributed by atoms with Crippen LogP contribution in [0.4, 0.5) is 4.79 Å². The molecule has 4 nitrogen and oxygen atoms in total. The van der Waals surface area contributed by atoms with Crippen LogP contribution < -0.4 is 5.32 Å². The van der Waals surface area contributed by atoms with Crippen molar-refractivity contribution in [3.8, 4) is 0 Å². The van der Waals surface area contributed by atoms with E-state index < -0.39 is 5.60 Å². The van der Waals surface area contributed by atoms with Gasteiger partial charge in [-0.1, -0.05) is 12.8 Å². The van der Waals surface area contributed by atoms with Crippen molar-refractivity contribution in [2.45, 2.75) is 58.1 Å². The monoisotopic (exact) mass is 268 g/mol. The van der Waals surface area contributed by atoms with E-state index in [0.29, 0.717) is 12.0 Å². The molecule has 19 heavy (non-hydrogen) atoms. The Morgan fingerprint density at radius 1 is 1.21 bits per heavy atom. The Morgan fingerprint density at radius 3 is 2.58 bits per heavy atom. The molecule has 1 saturated carbocycles. The zero-order chi connectivity index (χ0) is 14.0. The summed E-state index contributed by atoms with van der Waals surface area (Å²) < 4.78 is 5.51. The van der Waals surface area contributed by atoms with E-state index in [4.69, 9.17) is 4.74 Å². The molecule has 2 aliphatic rings. The Balaban J connectivity index is 2.03. The van der Waals surface area contributed by atoms with Gasteiger partial charge in [0.25, 0.3) is 0 Å². The van der Waals surface area contributed by atoms with E-state index in [1.165, 1.54) is 19.3 Å². The molecule has 1 amide bonds. The fourth-order valence-corrected chi connectivity index (χ4v) is 3.44. The smallest absolute Gasteiger partial charge is 0.410 e. The molecule has 1 aliphatic carbocycles. The van der Waals surface area contributed by atoms with Gasteiger partial charge < -0.3 is 15.0 Å². The number of nitrogens with one attached hydrogen (secondary N) is 1. The lowest BCUT2D eigenvalue weighted by molar-refractivity contribution is 0.0148. The number of hydrogen-bond donors (Lipinski definition) is 1. The number of carbonyl (C=O) groups excluding carboxylic acids is 1. The first-order valence-corrected chi connectivity index (χ1v) is 7.55. The van der Waals surface area contributed by atoms with Crippen LogP contribution >= 0.6 is 0 Å². The Labute approximate surface area is 116 Å². The molecule has 0 radical (unpaired) electrons. The average molecular weight is 268 g/mol. The van der Waals surface area contributed by atoms with Crippen molar-refractivity contribution in [3.05, 3.63) is 0 Å². The summed E-state index contributed by atoms with van der Waals surface area (Å²) in [4.78, 5) is 14.1. The van der Waals surface area contributed by atoms with Crippen LogP contribution in [-0.4, -0.2) is 42.8 Å². The Hall–Kier alpha value is -0.770. The van der Waals surface area contributed by atoms with Gasteiger partial charge in [-0.2, -0.15) is 0 Å². The first-order chi connectivity index (χ1) is 8.88. The van der Waals surface area contributed by atoms with E-state index in [0.717, 1.165) is 25.4 Å². The second-order valence-corrected chi connectivity index (χ2v) is 7.03. The van der Waals surface area contributed by atoms with Crippen molar-refractivity contribution < 1.29 is 9.53 Å². The number of carbonyl (C=O) groups is 1. The summed E-state index contributed by atoms with van der Waals surface area (Å²) in [6, 6.07) is 0.331. The summed E-state index contributed by atoms with van der Waals surface area (Å²) >= 11 is 0. The third-order valence-electron chi connectivity index (χ3n) is 4.39. The molecule has 2 rings (SSSR count). The number of ether oxygens (including phenoxy) is 1. The molecule has 1 heterocycles. The normalized spacial score (nSPS) is 31.5. The van der Waals surface area contributed by atoms with Crippen molar-refractivity contribution in [3.63, 3.8) is 0 Å². The van der Waals surface area contributed by atoms with Gasteiger partial charge in [0, 0.05) is 19.6 Å². The molecule has 0 unspecified atom stereocenters. The highest BCUT2D eigenvalue weighted by Gasteiger charge is 2.39. The summed E-state index contributed by atoms with van der Waals surface area (Å²) in [5.74, 6) is 1.33. The maximum Gasteiger partial charge on any atom is 0.410 e. The molecule has 0 aromatic rings. The number of fused-ring (bicyclic) bond motifs is 1. The second-order valence-electron chi connectivity index (χ2n) is 7.03. The number of nitrogens with zero attached hydrogens (tertiary/aromatic N) is 1. The van der Waals surface area contributed by atoms with Crippen LogP contribution in [0.5, 0.6) is 0 Å². The maximum atomic E-state index is 12.2. The fraction of sp³-hybridized carbons (Fsp3) is 0.933. The van der Waals surface area contributed by atoms with Gasteiger partial charge in [0.2, 0.25) is 0 Å². The van der Waals surface area contributed by atoms with Crippen molar-refractivity contribution in [1.82, 2.24) is 10.2 Å². The third kappa shape index (κ3) is 3.62. The summed E-state index contributed by atoms with van der Waals surface area (Å²) in [6.07, 6.45) is 4.76. The average Bonchev–Trinajstić information content (AvgIpc) is 2.66. The van der Waals surface area contributed by atoms with E-state index >= 15 is 0 Å². The summed E-state index contributed by atoms with van der Waals surface area (Å²) in [7, 11) is 1.90. The Bertz CT molecular complexity index is 325. The molecule has 1 aliphatic heterocycles. The molecule has 3 atom stereocenters. The minimum atomic E-state index is -0.413. The number of amides is 1. The summed E-state index contributed by atoms with van der Waals surface area (Å²) in [5.41, 5.74) is -0.413. The van der Waals surface area contributed by atoms with Gasteiger partial charge in [-0.05, 0) is 52.0 Å². The highest BCUT2D eigenvalue weighted by atomic mass is 16.6. The van der Waals surface area contributed by atoms with Crippen LogP contribution in [0.25, 0.3) is 0 Å².